The van der Waals surface area contributed by atoms with Crippen LogP contribution in [0, 0.1) is 0 Å². The lowest BCUT2D eigenvalue weighted by atomic mass is 10.2. The first-order valence-corrected chi connectivity index (χ1v) is 8.54. The molecule has 0 fully saturated rings. The van der Waals surface area contributed by atoms with Crippen LogP contribution < -0.4 is 10.1 Å². The Labute approximate surface area is 161 Å². The van der Waals surface area contributed by atoms with Gasteiger partial charge in [-0.15, -0.1) is 0 Å². The molecule has 136 valence electrons. The van der Waals surface area contributed by atoms with Gasteiger partial charge in [0.2, 0.25) is 0 Å². The number of carbonyl (C=O) groups is 2. The van der Waals surface area contributed by atoms with Crippen LogP contribution in [0.15, 0.2) is 78.9 Å². The third-order valence-electron chi connectivity index (χ3n) is 3.55. The Morgan fingerprint density at radius 2 is 1.52 bits per heavy atom. The Kier molecular flexibility index (Phi) is 6.07. The average molecular weight is 382 g/mol. The van der Waals surface area contributed by atoms with E-state index in [4.69, 9.17) is 21.1 Å². The van der Waals surface area contributed by atoms with Gasteiger partial charge in [-0.3, -0.25) is 4.79 Å². The van der Waals surface area contributed by atoms with Crippen LogP contribution in [0.1, 0.15) is 10.4 Å². The highest BCUT2D eigenvalue weighted by molar-refractivity contribution is 6.30. The summed E-state index contributed by atoms with van der Waals surface area (Å²) in [6, 6.07) is 22.5. The molecule has 5 nitrogen and oxygen atoms in total. The highest BCUT2D eigenvalue weighted by Crippen LogP contribution is 2.29. The Morgan fingerprint density at radius 1 is 0.852 bits per heavy atom. The van der Waals surface area contributed by atoms with E-state index >= 15 is 0 Å². The molecule has 0 unspecified atom stereocenters. The third-order valence-corrected chi connectivity index (χ3v) is 3.80. The average Bonchev–Trinajstić information content (AvgIpc) is 2.69. The van der Waals surface area contributed by atoms with Crippen LogP contribution in [-0.2, 0) is 9.53 Å². The summed E-state index contributed by atoms with van der Waals surface area (Å²) in [5.74, 6) is 0.0616. The van der Waals surface area contributed by atoms with Crippen LogP contribution >= 0.6 is 11.6 Å². The molecule has 0 aliphatic rings. The van der Waals surface area contributed by atoms with E-state index in [1.807, 2.05) is 30.3 Å². The first-order valence-electron chi connectivity index (χ1n) is 8.16. The van der Waals surface area contributed by atoms with E-state index in [1.165, 1.54) is 12.1 Å². The predicted octanol–water partition coefficient (Wildman–Crippen LogP) is 4.93. The molecule has 1 N–H and O–H groups in total. The van der Waals surface area contributed by atoms with Crippen LogP contribution in [0.3, 0.4) is 0 Å². The lowest BCUT2D eigenvalue weighted by Crippen LogP contribution is -2.21. The fourth-order valence-electron chi connectivity index (χ4n) is 2.26. The molecule has 0 aromatic heterocycles. The van der Waals surface area contributed by atoms with E-state index in [2.05, 4.69) is 5.32 Å². The van der Waals surface area contributed by atoms with Gasteiger partial charge < -0.3 is 14.8 Å². The third kappa shape index (κ3) is 5.33. The fraction of sp³-hybridized carbons (Fsp3) is 0.0476. The Balaban J connectivity index is 1.59. The van der Waals surface area contributed by atoms with E-state index in [0.29, 0.717) is 27.8 Å². The monoisotopic (exact) mass is 381 g/mol. The number of nitrogens with one attached hydrogen (secondary N) is 1. The topological polar surface area (TPSA) is 64.6 Å². The minimum Gasteiger partial charge on any atom is -0.455 e. The molecule has 0 radical (unpaired) electrons. The van der Waals surface area contributed by atoms with E-state index in [9.17, 15) is 9.59 Å². The molecule has 6 heteroatoms. The number of amides is 1. The summed E-state index contributed by atoms with van der Waals surface area (Å²) in [6.45, 7) is -0.416. The van der Waals surface area contributed by atoms with Gasteiger partial charge >= 0.3 is 5.97 Å². The van der Waals surface area contributed by atoms with Gasteiger partial charge in [0.15, 0.2) is 12.4 Å². The summed E-state index contributed by atoms with van der Waals surface area (Å²) < 4.78 is 10.8. The first kappa shape index (κ1) is 18.5. The lowest BCUT2D eigenvalue weighted by Gasteiger charge is -2.12. The van der Waals surface area contributed by atoms with Gasteiger partial charge in [0.05, 0.1) is 11.3 Å². The van der Waals surface area contributed by atoms with Crippen molar-refractivity contribution in [1.29, 1.82) is 0 Å². The van der Waals surface area contributed by atoms with Crippen molar-refractivity contribution in [2.24, 2.45) is 0 Å². The molecule has 0 bridgehead atoms. The van der Waals surface area contributed by atoms with Gasteiger partial charge in [-0.25, -0.2) is 4.79 Å². The first-order chi connectivity index (χ1) is 13.1. The number of rotatable bonds is 6. The zero-order valence-electron chi connectivity index (χ0n) is 14.2. The van der Waals surface area contributed by atoms with Gasteiger partial charge in [0, 0.05) is 5.02 Å². The van der Waals surface area contributed by atoms with E-state index in [-0.39, 0.29) is 0 Å². The molecule has 0 saturated carbocycles. The Hall–Kier alpha value is -3.31. The zero-order chi connectivity index (χ0) is 19.1. The highest BCUT2D eigenvalue weighted by Gasteiger charge is 2.12. The van der Waals surface area contributed by atoms with Gasteiger partial charge in [-0.05, 0) is 48.5 Å². The van der Waals surface area contributed by atoms with Crippen LogP contribution in [0.5, 0.6) is 11.5 Å². The van der Waals surface area contributed by atoms with Crippen molar-refractivity contribution in [3.05, 3.63) is 89.4 Å². The molecule has 0 heterocycles. The summed E-state index contributed by atoms with van der Waals surface area (Å²) >= 11 is 5.78. The van der Waals surface area contributed by atoms with Crippen molar-refractivity contribution in [1.82, 2.24) is 0 Å². The quantitative estimate of drug-likeness (QED) is 0.615. The molecule has 27 heavy (non-hydrogen) atoms. The summed E-state index contributed by atoms with van der Waals surface area (Å²) in [4.78, 5) is 24.1. The van der Waals surface area contributed by atoms with Gasteiger partial charge in [-0.2, -0.15) is 0 Å². The van der Waals surface area contributed by atoms with Crippen molar-refractivity contribution in [3.8, 4) is 11.5 Å². The van der Waals surface area contributed by atoms with Crippen LogP contribution in [0.25, 0.3) is 0 Å². The summed E-state index contributed by atoms with van der Waals surface area (Å²) in [7, 11) is 0. The van der Waals surface area contributed by atoms with E-state index in [0.717, 1.165) is 0 Å². The molecule has 0 aliphatic heterocycles. The largest absolute Gasteiger partial charge is 0.455 e. The van der Waals surface area contributed by atoms with Crippen molar-refractivity contribution >= 4 is 29.2 Å². The number of halogens is 1. The molecule has 0 spiro atoms. The number of hydrogen-bond acceptors (Lipinski definition) is 4. The molecule has 3 rings (SSSR count). The maximum absolute atomic E-state index is 12.1. The SMILES string of the molecule is O=C(COC(=O)c1ccc(Cl)cc1)Nc1ccccc1Oc1ccccc1. The Bertz CT molecular complexity index is 926. The number of esters is 1. The molecular formula is C21H16ClNO4. The van der Waals surface area contributed by atoms with Crippen molar-refractivity contribution in [2.75, 3.05) is 11.9 Å². The zero-order valence-corrected chi connectivity index (χ0v) is 15.0. The second kappa shape index (κ2) is 8.87. The second-order valence-electron chi connectivity index (χ2n) is 5.54. The maximum atomic E-state index is 12.1. The molecule has 1 amide bonds. The second-order valence-corrected chi connectivity index (χ2v) is 5.98. The summed E-state index contributed by atoms with van der Waals surface area (Å²) in [5.41, 5.74) is 0.800. The molecule has 0 atom stereocenters. The van der Waals surface area contributed by atoms with E-state index < -0.39 is 18.5 Å². The molecule has 3 aromatic carbocycles. The maximum Gasteiger partial charge on any atom is 0.338 e. The number of ether oxygens (including phenoxy) is 2. The normalized spacial score (nSPS) is 10.1. The van der Waals surface area contributed by atoms with Crippen LogP contribution in [-0.4, -0.2) is 18.5 Å². The van der Waals surface area contributed by atoms with Crippen LogP contribution in [0.4, 0.5) is 5.69 Å². The molecule has 3 aromatic rings. The summed E-state index contributed by atoms with van der Waals surface area (Å²) in [5, 5.41) is 3.20. The summed E-state index contributed by atoms with van der Waals surface area (Å²) in [6.07, 6.45) is 0. The van der Waals surface area contributed by atoms with Gasteiger partial charge in [0.25, 0.3) is 5.91 Å². The number of carbonyl (C=O) groups excluding carboxylic acids is 2. The minimum atomic E-state index is -0.601. The van der Waals surface area contributed by atoms with Crippen molar-refractivity contribution in [3.63, 3.8) is 0 Å². The lowest BCUT2D eigenvalue weighted by molar-refractivity contribution is -0.119. The number of hydrogen-bond donors (Lipinski definition) is 1. The number of benzene rings is 3. The Morgan fingerprint density at radius 3 is 2.26 bits per heavy atom. The molecule has 0 aliphatic carbocycles. The smallest absolute Gasteiger partial charge is 0.338 e. The number of para-hydroxylation sites is 3. The highest BCUT2D eigenvalue weighted by atomic mass is 35.5. The van der Waals surface area contributed by atoms with Gasteiger partial charge in [0.1, 0.15) is 5.75 Å². The standard InChI is InChI=1S/C21H16ClNO4/c22-16-12-10-15(11-13-16)21(25)26-14-20(24)23-18-8-4-5-9-19(18)27-17-6-2-1-3-7-17/h1-13H,14H2,(H,23,24). The minimum absolute atomic E-state index is 0.319. The van der Waals surface area contributed by atoms with E-state index in [1.54, 1.807) is 36.4 Å². The van der Waals surface area contributed by atoms with Crippen molar-refractivity contribution < 1.29 is 19.1 Å². The number of anilines is 1. The van der Waals surface area contributed by atoms with Crippen molar-refractivity contribution in [2.45, 2.75) is 0 Å². The van der Waals surface area contributed by atoms with Gasteiger partial charge in [-0.1, -0.05) is 41.9 Å². The predicted molar refractivity (Wildman–Crippen MR) is 103 cm³/mol. The molecular weight excluding hydrogens is 366 g/mol. The fourth-order valence-corrected chi connectivity index (χ4v) is 2.39. The molecule has 0 saturated heterocycles. The van der Waals surface area contributed by atoms with Crippen LogP contribution in [0.2, 0.25) is 5.02 Å².